The Morgan fingerprint density at radius 1 is 1.64 bits per heavy atom. The lowest BCUT2D eigenvalue weighted by Crippen LogP contribution is -2.32. The number of hydrogen-bond donors (Lipinski definition) is 1. The summed E-state index contributed by atoms with van der Waals surface area (Å²) in [6.45, 7) is 5.57. The van der Waals surface area contributed by atoms with Crippen LogP contribution in [0.25, 0.3) is 0 Å². The van der Waals surface area contributed by atoms with Crippen LogP contribution in [0, 0.1) is 6.92 Å². The lowest BCUT2D eigenvalue weighted by atomic mass is 10.2. The van der Waals surface area contributed by atoms with E-state index in [1.54, 1.807) is 11.3 Å². The zero-order valence-electron chi connectivity index (χ0n) is 9.04. The standard InChI is InChI=1S/C10H18N2OS/c1-4-13-6-9(11-3)5-10-7-14-8(2)12-10/h7,9,11H,4-6H2,1-3H3. The monoisotopic (exact) mass is 214 g/mol. The molecule has 1 heterocycles. The summed E-state index contributed by atoms with van der Waals surface area (Å²) in [6.07, 6.45) is 0.945. The Balaban J connectivity index is 2.40. The van der Waals surface area contributed by atoms with Crippen LogP contribution < -0.4 is 5.32 Å². The minimum atomic E-state index is 0.372. The third kappa shape index (κ3) is 3.74. The van der Waals surface area contributed by atoms with Gasteiger partial charge in [0.2, 0.25) is 0 Å². The van der Waals surface area contributed by atoms with Crippen LogP contribution in [0.1, 0.15) is 17.6 Å². The van der Waals surface area contributed by atoms with E-state index in [2.05, 4.69) is 15.7 Å². The van der Waals surface area contributed by atoms with E-state index in [0.29, 0.717) is 6.04 Å². The maximum atomic E-state index is 5.38. The summed E-state index contributed by atoms with van der Waals surface area (Å²) in [6, 6.07) is 0.372. The van der Waals surface area contributed by atoms with Crippen molar-refractivity contribution in [1.82, 2.24) is 10.3 Å². The first kappa shape index (κ1) is 11.6. The highest BCUT2D eigenvalue weighted by molar-refractivity contribution is 7.09. The predicted octanol–water partition coefficient (Wildman–Crippen LogP) is 1.62. The number of aryl methyl sites for hydroxylation is 1. The lowest BCUT2D eigenvalue weighted by Gasteiger charge is -2.14. The Morgan fingerprint density at radius 3 is 2.93 bits per heavy atom. The van der Waals surface area contributed by atoms with E-state index < -0.39 is 0 Å². The van der Waals surface area contributed by atoms with Gasteiger partial charge >= 0.3 is 0 Å². The van der Waals surface area contributed by atoms with Crippen molar-refractivity contribution >= 4 is 11.3 Å². The fourth-order valence-electron chi connectivity index (χ4n) is 1.26. The second-order valence-corrected chi connectivity index (χ2v) is 4.27. The topological polar surface area (TPSA) is 34.1 Å². The molecule has 0 aliphatic carbocycles. The highest BCUT2D eigenvalue weighted by Gasteiger charge is 2.08. The smallest absolute Gasteiger partial charge is 0.0897 e. The first-order chi connectivity index (χ1) is 6.76. The Morgan fingerprint density at radius 2 is 2.43 bits per heavy atom. The quantitative estimate of drug-likeness (QED) is 0.781. The molecule has 1 unspecified atom stereocenters. The Labute approximate surface area is 89.5 Å². The van der Waals surface area contributed by atoms with Gasteiger partial charge in [0.25, 0.3) is 0 Å². The molecule has 0 radical (unpaired) electrons. The lowest BCUT2D eigenvalue weighted by molar-refractivity contribution is 0.125. The molecule has 0 aromatic carbocycles. The van der Waals surface area contributed by atoms with E-state index >= 15 is 0 Å². The molecule has 1 N–H and O–H groups in total. The van der Waals surface area contributed by atoms with Crippen molar-refractivity contribution in [1.29, 1.82) is 0 Å². The summed E-state index contributed by atoms with van der Waals surface area (Å²) < 4.78 is 5.38. The maximum absolute atomic E-state index is 5.38. The molecule has 80 valence electrons. The first-order valence-electron chi connectivity index (χ1n) is 4.92. The van der Waals surface area contributed by atoms with Gasteiger partial charge in [-0.25, -0.2) is 4.98 Å². The third-order valence-corrected chi connectivity index (χ3v) is 2.88. The number of aromatic nitrogens is 1. The summed E-state index contributed by atoms with van der Waals surface area (Å²) in [7, 11) is 1.96. The number of ether oxygens (including phenoxy) is 1. The fourth-order valence-corrected chi connectivity index (χ4v) is 1.88. The summed E-state index contributed by atoms with van der Waals surface area (Å²) in [4.78, 5) is 4.43. The molecule has 3 nitrogen and oxygen atoms in total. The van der Waals surface area contributed by atoms with E-state index in [-0.39, 0.29) is 0 Å². The van der Waals surface area contributed by atoms with Gasteiger partial charge in [-0.3, -0.25) is 0 Å². The molecular weight excluding hydrogens is 196 g/mol. The number of nitrogens with one attached hydrogen (secondary N) is 1. The van der Waals surface area contributed by atoms with Gasteiger partial charge in [0, 0.05) is 24.4 Å². The molecule has 4 heteroatoms. The van der Waals surface area contributed by atoms with Crippen LogP contribution in [0.4, 0.5) is 0 Å². The molecule has 0 saturated carbocycles. The molecule has 0 amide bonds. The Bertz CT molecular complexity index is 262. The number of rotatable bonds is 6. The van der Waals surface area contributed by atoms with Crippen LogP contribution in [-0.4, -0.2) is 31.3 Å². The summed E-state index contributed by atoms with van der Waals surface area (Å²) in [5.74, 6) is 0. The van der Waals surface area contributed by atoms with Gasteiger partial charge in [0.05, 0.1) is 17.3 Å². The van der Waals surface area contributed by atoms with Crippen LogP contribution in [0.15, 0.2) is 5.38 Å². The summed E-state index contributed by atoms with van der Waals surface area (Å²) in [5.41, 5.74) is 1.16. The molecule has 0 aliphatic rings. The van der Waals surface area contributed by atoms with Crippen molar-refractivity contribution in [2.75, 3.05) is 20.3 Å². The molecule has 0 fully saturated rings. The number of likely N-dealkylation sites (N-methyl/N-ethyl adjacent to an activating group) is 1. The number of thiazole rings is 1. The van der Waals surface area contributed by atoms with Gasteiger partial charge < -0.3 is 10.1 Å². The van der Waals surface area contributed by atoms with E-state index in [9.17, 15) is 0 Å². The van der Waals surface area contributed by atoms with Crippen molar-refractivity contribution < 1.29 is 4.74 Å². The van der Waals surface area contributed by atoms with Gasteiger partial charge in [-0.2, -0.15) is 0 Å². The second-order valence-electron chi connectivity index (χ2n) is 3.21. The molecule has 1 aromatic rings. The van der Waals surface area contributed by atoms with E-state index in [1.165, 1.54) is 0 Å². The van der Waals surface area contributed by atoms with Gasteiger partial charge in [0.15, 0.2) is 0 Å². The van der Waals surface area contributed by atoms with Crippen molar-refractivity contribution in [3.63, 3.8) is 0 Å². The molecule has 0 aliphatic heterocycles. The average Bonchev–Trinajstić information content (AvgIpc) is 2.58. The van der Waals surface area contributed by atoms with Gasteiger partial charge in [-0.05, 0) is 20.9 Å². The zero-order chi connectivity index (χ0) is 10.4. The third-order valence-electron chi connectivity index (χ3n) is 2.05. The molecule has 1 rings (SSSR count). The van der Waals surface area contributed by atoms with E-state index in [1.807, 2.05) is 20.9 Å². The number of hydrogen-bond acceptors (Lipinski definition) is 4. The average molecular weight is 214 g/mol. The van der Waals surface area contributed by atoms with Crippen LogP contribution >= 0.6 is 11.3 Å². The molecular formula is C10H18N2OS. The van der Waals surface area contributed by atoms with Crippen molar-refractivity contribution in [2.24, 2.45) is 0 Å². The highest BCUT2D eigenvalue weighted by atomic mass is 32.1. The largest absolute Gasteiger partial charge is 0.380 e. The Hall–Kier alpha value is -0.450. The molecule has 0 spiro atoms. The highest BCUT2D eigenvalue weighted by Crippen LogP contribution is 2.09. The van der Waals surface area contributed by atoms with Gasteiger partial charge in [-0.1, -0.05) is 0 Å². The van der Waals surface area contributed by atoms with E-state index in [0.717, 1.165) is 30.3 Å². The molecule has 14 heavy (non-hydrogen) atoms. The first-order valence-corrected chi connectivity index (χ1v) is 5.80. The van der Waals surface area contributed by atoms with Crippen LogP contribution in [0.2, 0.25) is 0 Å². The SMILES string of the molecule is CCOCC(Cc1csc(C)n1)NC. The van der Waals surface area contributed by atoms with Crippen molar-refractivity contribution in [3.8, 4) is 0 Å². The van der Waals surface area contributed by atoms with E-state index in [4.69, 9.17) is 4.74 Å². The molecule has 1 atom stereocenters. The summed E-state index contributed by atoms with van der Waals surface area (Å²) >= 11 is 1.70. The normalized spacial score (nSPS) is 13.1. The zero-order valence-corrected chi connectivity index (χ0v) is 9.86. The van der Waals surface area contributed by atoms with Gasteiger partial charge in [-0.15, -0.1) is 11.3 Å². The predicted molar refractivity (Wildman–Crippen MR) is 59.9 cm³/mol. The Kier molecular flexibility index (Phi) is 5.07. The molecule has 0 bridgehead atoms. The summed E-state index contributed by atoms with van der Waals surface area (Å²) in [5, 5.41) is 6.48. The number of nitrogens with zero attached hydrogens (tertiary/aromatic N) is 1. The van der Waals surface area contributed by atoms with Crippen LogP contribution in [0.5, 0.6) is 0 Å². The molecule has 0 saturated heterocycles. The second kappa shape index (κ2) is 6.11. The van der Waals surface area contributed by atoms with Crippen LogP contribution in [-0.2, 0) is 11.2 Å². The fraction of sp³-hybridized carbons (Fsp3) is 0.700. The van der Waals surface area contributed by atoms with Crippen molar-refractivity contribution in [2.45, 2.75) is 26.3 Å². The minimum Gasteiger partial charge on any atom is -0.380 e. The van der Waals surface area contributed by atoms with Crippen LogP contribution in [0.3, 0.4) is 0 Å². The maximum Gasteiger partial charge on any atom is 0.0897 e. The molecule has 1 aromatic heterocycles. The minimum absolute atomic E-state index is 0.372. The van der Waals surface area contributed by atoms with Gasteiger partial charge in [0.1, 0.15) is 0 Å². The van der Waals surface area contributed by atoms with Crippen molar-refractivity contribution in [3.05, 3.63) is 16.1 Å².